The summed E-state index contributed by atoms with van der Waals surface area (Å²) in [6.07, 6.45) is 4.48. The number of nitrogens with one attached hydrogen (secondary N) is 1. The predicted molar refractivity (Wildman–Crippen MR) is 127 cm³/mol. The van der Waals surface area contributed by atoms with Crippen molar-refractivity contribution in [3.05, 3.63) is 98.9 Å². The van der Waals surface area contributed by atoms with Crippen molar-refractivity contribution in [1.82, 2.24) is 10.2 Å². The molecular weight excluding hydrogens is 410 g/mol. The summed E-state index contributed by atoms with van der Waals surface area (Å²) in [7, 11) is 0. The van der Waals surface area contributed by atoms with E-state index in [1.807, 2.05) is 12.1 Å². The largest absolute Gasteiger partial charge is 0.345 e. The number of nitro benzene ring substituents is 1. The van der Waals surface area contributed by atoms with E-state index in [9.17, 15) is 10.1 Å². The Labute approximate surface area is 190 Å². The van der Waals surface area contributed by atoms with Crippen LogP contribution in [0.15, 0.2) is 77.6 Å². The summed E-state index contributed by atoms with van der Waals surface area (Å²) in [5.74, 6) is 0.694. The summed E-state index contributed by atoms with van der Waals surface area (Å²) in [6, 6.07) is 17.7. The second-order valence-electron chi connectivity index (χ2n) is 8.38. The van der Waals surface area contributed by atoms with Crippen LogP contribution in [-0.4, -0.2) is 22.9 Å². The van der Waals surface area contributed by atoms with Gasteiger partial charge in [-0.15, -0.1) is 12.4 Å². The molecule has 0 amide bonds. The molecule has 2 heterocycles. The molecule has 0 aliphatic carbocycles. The maximum atomic E-state index is 11.3. The Morgan fingerprint density at radius 1 is 1.13 bits per heavy atom. The highest BCUT2D eigenvalue weighted by Gasteiger charge is 2.29. The second kappa shape index (κ2) is 10.1. The Bertz CT molecular complexity index is 981. The molecule has 2 aliphatic heterocycles. The first kappa shape index (κ1) is 23.0. The third kappa shape index (κ3) is 5.17. The lowest BCUT2D eigenvalue weighted by atomic mass is 9.81. The summed E-state index contributed by atoms with van der Waals surface area (Å²) in [6.45, 7) is 7.30. The van der Waals surface area contributed by atoms with E-state index < -0.39 is 0 Å². The number of rotatable bonds is 6. The molecule has 0 saturated carbocycles. The number of non-ortho nitro benzene ring substituents is 1. The molecular formula is C25H30ClN3O2. The van der Waals surface area contributed by atoms with Gasteiger partial charge in [-0.2, -0.15) is 0 Å². The second-order valence-corrected chi connectivity index (χ2v) is 8.38. The van der Waals surface area contributed by atoms with Crippen molar-refractivity contribution in [3.8, 4) is 0 Å². The van der Waals surface area contributed by atoms with E-state index in [1.165, 1.54) is 29.0 Å². The first-order chi connectivity index (χ1) is 14.5. The maximum Gasteiger partial charge on any atom is 0.269 e. The average Bonchev–Trinajstić information content (AvgIpc) is 3.27. The molecule has 164 valence electrons. The molecule has 1 saturated heterocycles. The van der Waals surface area contributed by atoms with E-state index in [1.54, 1.807) is 18.2 Å². The van der Waals surface area contributed by atoms with Crippen molar-refractivity contribution in [2.75, 3.05) is 13.1 Å². The highest BCUT2D eigenvalue weighted by atomic mass is 35.5. The van der Waals surface area contributed by atoms with Gasteiger partial charge in [-0.25, -0.2) is 0 Å². The number of hydrogen-bond donors (Lipinski definition) is 1. The van der Waals surface area contributed by atoms with Crippen LogP contribution in [0.5, 0.6) is 0 Å². The zero-order valence-electron chi connectivity index (χ0n) is 18.1. The van der Waals surface area contributed by atoms with Crippen molar-refractivity contribution in [3.63, 3.8) is 0 Å². The SMILES string of the molecule is CC1=C[C@@H](c2cccc([N+](=O)[O-])c2)C(CC2CCNC2)=C(C)N1Cc1ccccc1.Cl. The van der Waals surface area contributed by atoms with Gasteiger partial charge in [0.25, 0.3) is 5.69 Å². The quantitative estimate of drug-likeness (QED) is 0.457. The first-order valence-corrected chi connectivity index (χ1v) is 10.7. The third-order valence-corrected chi connectivity index (χ3v) is 6.37. The van der Waals surface area contributed by atoms with Crippen molar-refractivity contribution in [2.45, 2.75) is 39.2 Å². The number of benzene rings is 2. The van der Waals surface area contributed by atoms with Gasteiger partial charge in [0.15, 0.2) is 0 Å². The molecule has 2 aromatic carbocycles. The van der Waals surface area contributed by atoms with Crippen LogP contribution in [0.2, 0.25) is 0 Å². The Balaban J connectivity index is 0.00000272. The van der Waals surface area contributed by atoms with E-state index in [0.717, 1.165) is 31.6 Å². The van der Waals surface area contributed by atoms with Crippen LogP contribution in [0.1, 0.15) is 43.7 Å². The minimum Gasteiger partial charge on any atom is -0.345 e. The zero-order chi connectivity index (χ0) is 21.1. The molecule has 2 aliphatic rings. The topological polar surface area (TPSA) is 58.4 Å². The fraction of sp³-hybridized carbons (Fsp3) is 0.360. The van der Waals surface area contributed by atoms with Gasteiger partial charge in [0, 0.05) is 36.0 Å². The van der Waals surface area contributed by atoms with E-state index in [2.05, 4.69) is 54.4 Å². The highest BCUT2D eigenvalue weighted by Crippen LogP contribution is 2.41. The molecule has 5 nitrogen and oxygen atoms in total. The van der Waals surface area contributed by atoms with Crippen LogP contribution in [0, 0.1) is 16.0 Å². The molecule has 1 unspecified atom stereocenters. The third-order valence-electron chi connectivity index (χ3n) is 6.37. The van der Waals surface area contributed by atoms with E-state index in [4.69, 9.17) is 0 Å². The zero-order valence-corrected chi connectivity index (χ0v) is 18.9. The minimum atomic E-state index is -0.304. The van der Waals surface area contributed by atoms with Crippen molar-refractivity contribution in [2.24, 2.45) is 5.92 Å². The Morgan fingerprint density at radius 3 is 2.58 bits per heavy atom. The van der Waals surface area contributed by atoms with Crippen molar-refractivity contribution in [1.29, 1.82) is 0 Å². The standard InChI is InChI=1S/C25H29N3O2.ClH/c1-18-13-25(22-9-6-10-23(15-22)28(29)30)24(14-21-11-12-26-16-21)19(2)27(18)17-20-7-4-3-5-8-20;/h3-10,13,15,21,25-26H,11-12,14,16-17H2,1-2H3;1H/t21?,25-;/m0./s1. The lowest BCUT2D eigenvalue weighted by molar-refractivity contribution is -0.384. The van der Waals surface area contributed by atoms with E-state index >= 15 is 0 Å². The number of nitro groups is 1. The Morgan fingerprint density at radius 2 is 1.90 bits per heavy atom. The van der Waals surface area contributed by atoms with Gasteiger partial charge in [0.05, 0.1) is 4.92 Å². The van der Waals surface area contributed by atoms with Gasteiger partial charge < -0.3 is 10.2 Å². The Kier molecular flexibility index (Phi) is 7.52. The van der Waals surface area contributed by atoms with Crippen LogP contribution >= 0.6 is 12.4 Å². The molecule has 2 atom stereocenters. The molecule has 1 N–H and O–H groups in total. The molecule has 0 bridgehead atoms. The van der Waals surface area contributed by atoms with Gasteiger partial charge in [0.2, 0.25) is 0 Å². The van der Waals surface area contributed by atoms with Gasteiger partial charge in [-0.3, -0.25) is 10.1 Å². The monoisotopic (exact) mass is 439 g/mol. The first-order valence-electron chi connectivity index (χ1n) is 10.7. The van der Waals surface area contributed by atoms with Gasteiger partial charge in [0.1, 0.15) is 0 Å². The van der Waals surface area contributed by atoms with Gasteiger partial charge in [-0.05, 0) is 62.4 Å². The molecule has 4 rings (SSSR count). The Hall–Kier alpha value is -2.63. The molecule has 2 aromatic rings. The summed E-state index contributed by atoms with van der Waals surface area (Å²) >= 11 is 0. The van der Waals surface area contributed by atoms with Crippen LogP contribution in [0.4, 0.5) is 5.69 Å². The number of allylic oxidation sites excluding steroid dienone is 4. The minimum absolute atomic E-state index is 0. The summed E-state index contributed by atoms with van der Waals surface area (Å²) in [5.41, 5.74) is 6.29. The number of nitrogens with zero attached hydrogens (tertiary/aromatic N) is 2. The van der Waals surface area contributed by atoms with Crippen molar-refractivity contribution >= 4 is 18.1 Å². The molecule has 31 heavy (non-hydrogen) atoms. The highest BCUT2D eigenvalue weighted by molar-refractivity contribution is 5.85. The number of hydrogen-bond acceptors (Lipinski definition) is 4. The smallest absolute Gasteiger partial charge is 0.269 e. The van der Waals surface area contributed by atoms with Crippen LogP contribution in [0.25, 0.3) is 0 Å². The number of halogens is 1. The van der Waals surface area contributed by atoms with Gasteiger partial charge in [-0.1, -0.05) is 48.5 Å². The average molecular weight is 440 g/mol. The fourth-order valence-corrected chi connectivity index (χ4v) is 4.71. The normalized spacial score (nSPS) is 21.0. The lowest BCUT2D eigenvalue weighted by Crippen LogP contribution is -2.27. The lowest BCUT2D eigenvalue weighted by Gasteiger charge is -2.37. The molecule has 0 aromatic heterocycles. The molecule has 0 radical (unpaired) electrons. The summed E-state index contributed by atoms with van der Waals surface area (Å²) in [4.78, 5) is 13.4. The molecule has 6 heteroatoms. The van der Waals surface area contributed by atoms with Crippen LogP contribution in [0.3, 0.4) is 0 Å². The molecule has 0 spiro atoms. The van der Waals surface area contributed by atoms with E-state index in [0.29, 0.717) is 5.92 Å². The van der Waals surface area contributed by atoms with Gasteiger partial charge >= 0.3 is 0 Å². The summed E-state index contributed by atoms with van der Waals surface area (Å²) in [5, 5.41) is 14.8. The fourth-order valence-electron chi connectivity index (χ4n) is 4.71. The van der Waals surface area contributed by atoms with Crippen LogP contribution in [-0.2, 0) is 6.54 Å². The van der Waals surface area contributed by atoms with E-state index in [-0.39, 0.29) is 28.9 Å². The van der Waals surface area contributed by atoms with Crippen LogP contribution < -0.4 is 5.32 Å². The summed E-state index contributed by atoms with van der Waals surface area (Å²) < 4.78 is 0. The maximum absolute atomic E-state index is 11.3. The van der Waals surface area contributed by atoms with Crippen molar-refractivity contribution < 1.29 is 4.92 Å². The molecule has 1 fully saturated rings. The predicted octanol–water partition coefficient (Wildman–Crippen LogP) is 5.79.